The Labute approximate surface area is 113 Å². The minimum atomic E-state index is -0.397. The van der Waals surface area contributed by atoms with Gasteiger partial charge in [-0.15, -0.1) is 11.3 Å². The van der Waals surface area contributed by atoms with E-state index in [2.05, 4.69) is 17.1 Å². The van der Waals surface area contributed by atoms with E-state index in [1.807, 2.05) is 13.0 Å². The molecule has 1 aromatic heterocycles. The predicted octanol–water partition coefficient (Wildman–Crippen LogP) is 4.18. The summed E-state index contributed by atoms with van der Waals surface area (Å²) in [6.07, 6.45) is 0. The van der Waals surface area contributed by atoms with Crippen LogP contribution in [0.5, 0.6) is 0 Å². The van der Waals surface area contributed by atoms with Crippen molar-refractivity contribution in [3.05, 3.63) is 58.1 Å². The molecule has 1 heterocycles. The number of hydrogen-bond donors (Lipinski definition) is 0. The average Bonchev–Trinajstić information content (AvgIpc) is 2.81. The third-order valence-corrected chi connectivity index (χ3v) is 3.95. The standard InChI is InChI=1S/C14H10N2O2S/c1-9-2-7-13-12(8-9)15-14(19-13)10-3-5-11(6-4-10)16(17)18/h2-8H,1H3. The Bertz CT molecular complexity index is 763. The van der Waals surface area contributed by atoms with Gasteiger partial charge in [-0.3, -0.25) is 10.1 Å². The van der Waals surface area contributed by atoms with Gasteiger partial charge in [0, 0.05) is 17.7 Å². The number of hydrogen-bond acceptors (Lipinski definition) is 4. The van der Waals surface area contributed by atoms with Gasteiger partial charge in [-0.2, -0.15) is 0 Å². The lowest BCUT2D eigenvalue weighted by atomic mass is 10.2. The highest BCUT2D eigenvalue weighted by Crippen LogP contribution is 2.31. The van der Waals surface area contributed by atoms with Crippen LogP contribution in [0, 0.1) is 17.0 Å². The number of thiazole rings is 1. The van der Waals surface area contributed by atoms with E-state index in [9.17, 15) is 10.1 Å². The van der Waals surface area contributed by atoms with E-state index >= 15 is 0 Å². The van der Waals surface area contributed by atoms with Gasteiger partial charge < -0.3 is 0 Å². The highest BCUT2D eigenvalue weighted by atomic mass is 32.1. The number of aromatic nitrogens is 1. The van der Waals surface area contributed by atoms with Crippen LogP contribution in [0.1, 0.15) is 5.56 Å². The molecule has 0 spiro atoms. The third kappa shape index (κ3) is 2.20. The Hall–Kier alpha value is -2.27. The van der Waals surface area contributed by atoms with Crippen molar-refractivity contribution in [1.29, 1.82) is 0 Å². The molecule has 0 amide bonds. The highest BCUT2D eigenvalue weighted by Gasteiger charge is 2.09. The fourth-order valence-electron chi connectivity index (χ4n) is 1.89. The summed E-state index contributed by atoms with van der Waals surface area (Å²) in [6.45, 7) is 2.03. The number of benzene rings is 2. The molecular weight excluding hydrogens is 260 g/mol. The van der Waals surface area contributed by atoms with Crippen LogP contribution >= 0.6 is 11.3 Å². The quantitative estimate of drug-likeness (QED) is 0.518. The maximum atomic E-state index is 10.6. The lowest BCUT2D eigenvalue weighted by Crippen LogP contribution is -1.86. The summed E-state index contributed by atoms with van der Waals surface area (Å²) in [5.74, 6) is 0. The molecule has 0 atom stereocenters. The van der Waals surface area contributed by atoms with Crippen LogP contribution in [-0.4, -0.2) is 9.91 Å². The van der Waals surface area contributed by atoms with Crippen LogP contribution in [0.25, 0.3) is 20.8 Å². The van der Waals surface area contributed by atoms with Crippen LogP contribution in [0.3, 0.4) is 0 Å². The van der Waals surface area contributed by atoms with Crippen LogP contribution in [-0.2, 0) is 0 Å². The van der Waals surface area contributed by atoms with E-state index in [0.717, 1.165) is 20.8 Å². The maximum Gasteiger partial charge on any atom is 0.269 e. The van der Waals surface area contributed by atoms with Gasteiger partial charge in [0.05, 0.1) is 15.1 Å². The molecule has 0 bridgehead atoms. The zero-order chi connectivity index (χ0) is 13.4. The lowest BCUT2D eigenvalue weighted by Gasteiger charge is -1.95. The molecule has 3 rings (SSSR count). The van der Waals surface area contributed by atoms with Crippen molar-refractivity contribution < 1.29 is 4.92 Å². The number of nitrogens with zero attached hydrogens (tertiary/aromatic N) is 2. The summed E-state index contributed by atoms with van der Waals surface area (Å²) in [7, 11) is 0. The Morgan fingerprint density at radius 2 is 1.89 bits per heavy atom. The predicted molar refractivity (Wildman–Crippen MR) is 76.4 cm³/mol. The van der Waals surface area contributed by atoms with E-state index in [1.165, 1.54) is 17.7 Å². The van der Waals surface area contributed by atoms with Crippen molar-refractivity contribution in [1.82, 2.24) is 4.98 Å². The van der Waals surface area contributed by atoms with Crippen LogP contribution < -0.4 is 0 Å². The fraction of sp³-hybridized carbons (Fsp3) is 0.0714. The molecule has 2 aromatic carbocycles. The molecule has 0 saturated carbocycles. The second kappa shape index (κ2) is 4.44. The Morgan fingerprint density at radius 3 is 2.58 bits per heavy atom. The van der Waals surface area contributed by atoms with Gasteiger partial charge in [-0.1, -0.05) is 6.07 Å². The molecule has 0 unspecified atom stereocenters. The average molecular weight is 270 g/mol. The summed E-state index contributed by atoms with van der Waals surface area (Å²) in [5, 5.41) is 11.5. The highest BCUT2D eigenvalue weighted by molar-refractivity contribution is 7.21. The van der Waals surface area contributed by atoms with Gasteiger partial charge >= 0.3 is 0 Å². The Morgan fingerprint density at radius 1 is 1.16 bits per heavy atom. The first-order valence-corrected chi connectivity index (χ1v) is 6.57. The minimum absolute atomic E-state index is 0.0979. The number of aryl methyl sites for hydroxylation is 1. The summed E-state index contributed by atoms with van der Waals surface area (Å²) < 4.78 is 1.12. The first kappa shape index (κ1) is 11.8. The maximum absolute atomic E-state index is 10.6. The van der Waals surface area contributed by atoms with E-state index in [4.69, 9.17) is 0 Å². The fourth-order valence-corrected chi connectivity index (χ4v) is 2.84. The summed E-state index contributed by atoms with van der Waals surface area (Å²) >= 11 is 1.59. The van der Waals surface area contributed by atoms with E-state index in [0.29, 0.717) is 0 Å². The monoisotopic (exact) mass is 270 g/mol. The Kier molecular flexibility index (Phi) is 2.76. The molecule has 3 aromatic rings. The van der Waals surface area contributed by atoms with Crippen LogP contribution in [0.15, 0.2) is 42.5 Å². The molecular formula is C14H10N2O2S. The second-order valence-corrected chi connectivity index (χ2v) is 5.32. The molecule has 0 aliphatic heterocycles. The van der Waals surface area contributed by atoms with Crippen LogP contribution in [0.4, 0.5) is 5.69 Å². The number of fused-ring (bicyclic) bond motifs is 1. The molecule has 0 fully saturated rings. The normalized spacial score (nSPS) is 10.8. The summed E-state index contributed by atoms with van der Waals surface area (Å²) in [6, 6.07) is 12.6. The number of nitro benzene ring substituents is 1. The van der Waals surface area contributed by atoms with Gasteiger partial charge in [0.25, 0.3) is 5.69 Å². The van der Waals surface area contributed by atoms with Gasteiger partial charge in [-0.25, -0.2) is 4.98 Å². The zero-order valence-corrected chi connectivity index (χ0v) is 11.0. The molecule has 94 valence electrons. The second-order valence-electron chi connectivity index (χ2n) is 4.29. The van der Waals surface area contributed by atoms with Gasteiger partial charge in [0.2, 0.25) is 0 Å². The molecule has 5 heteroatoms. The smallest absolute Gasteiger partial charge is 0.258 e. The van der Waals surface area contributed by atoms with Crippen molar-refractivity contribution in [3.8, 4) is 10.6 Å². The number of non-ortho nitro benzene ring substituents is 1. The molecule has 4 nitrogen and oxygen atoms in total. The first-order valence-electron chi connectivity index (χ1n) is 5.75. The largest absolute Gasteiger partial charge is 0.269 e. The number of rotatable bonds is 2. The molecule has 0 radical (unpaired) electrons. The van der Waals surface area contributed by atoms with E-state index < -0.39 is 4.92 Å². The topological polar surface area (TPSA) is 56.0 Å². The summed E-state index contributed by atoms with van der Waals surface area (Å²) in [4.78, 5) is 14.8. The van der Waals surface area contributed by atoms with Crippen molar-refractivity contribution in [3.63, 3.8) is 0 Å². The summed E-state index contributed by atoms with van der Waals surface area (Å²) in [5.41, 5.74) is 3.15. The van der Waals surface area contributed by atoms with Crippen molar-refractivity contribution in [2.75, 3.05) is 0 Å². The van der Waals surface area contributed by atoms with Gasteiger partial charge in [-0.05, 0) is 36.8 Å². The Balaban J connectivity index is 2.06. The van der Waals surface area contributed by atoms with E-state index in [-0.39, 0.29) is 5.69 Å². The minimum Gasteiger partial charge on any atom is -0.258 e. The van der Waals surface area contributed by atoms with Crippen molar-refractivity contribution in [2.24, 2.45) is 0 Å². The van der Waals surface area contributed by atoms with Gasteiger partial charge in [0.15, 0.2) is 0 Å². The molecule has 0 aliphatic rings. The zero-order valence-electron chi connectivity index (χ0n) is 10.2. The van der Waals surface area contributed by atoms with Gasteiger partial charge in [0.1, 0.15) is 5.01 Å². The first-order chi connectivity index (χ1) is 9.13. The third-order valence-electron chi connectivity index (χ3n) is 2.87. The molecule has 0 N–H and O–H groups in total. The molecule has 0 aliphatic carbocycles. The lowest BCUT2D eigenvalue weighted by molar-refractivity contribution is -0.384. The molecule has 19 heavy (non-hydrogen) atoms. The van der Waals surface area contributed by atoms with Crippen molar-refractivity contribution in [2.45, 2.75) is 6.92 Å². The SMILES string of the molecule is Cc1ccc2sc(-c3ccc([N+](=O)[O-])cc3)nc2c1. The van der Waals surface area contributed by atoms with E-state index in [1.54, 1.807) is 23.5 Å². The number of nitro groups is 1. The molecule has 0 saturated heterocycles. The van der Waals surface area contributed by atoms with Crippen molar-refractivity contribution >= 4 is 27.2 Å². The van der Waals surface area contributed by atoms with Crippen LogP contribution in [0.2, 0.25) is 0 Å².